The van der Waals surface area contributed by atoms with Gasteiger partial charge in [0.25, 0.3) is 0 Å². The Bertz CT molecular complexity index is 958. The van der Waals surface area contributed by atoms with Crippen molar-refractivity contribution in [3.63, 3.8) is 0 Å². The van der Waals surface area contributed by atoms with E-state index in [0.29, 0.717) is 5.56 Å². The Balaban J connectivity index is 1.70. The number of carbonyl (C=O) groups is 2. The van der Waals surface area contributed by atoms with Gasteiger partial charge in [-0.25, -0.2) is 4.79 Å². The van der Waals surface area contributed by atoms with E-state index in [1.807, 2.05) is 0 Å². The number of rotatable bonds is 7. The quantitative estimate of drug-likeness (QED) is 0.351. The molecule has 0 saturated carbocycles. The highest BCUT2D eigenvalue weighted by Gasteiger charge is 2.45. The van der Waals surface area contributed by atoms with Crippen LogP contribution in [0.1, 0.15) is 27.6 Å². The number of aromatic hydroxyl groups is 1. The fraction of sp³-hybridized carbons (Fsp3) is 0.364. The van der Waals surface area contributed by atoms with E-state index in [4.69, 9.17) is 18.9 Å². The molecular formula is C22H24O10. The molecule has 0 radical (unpaired) electrons. The molecule has 1 heterocycles. The summed E-state index contributed by atoms with van der Waals surface area (Å²) in [5.41, 5.74) is 0.547. The summed E-state index contributed by atoms with van der Waals surface area (Å²) >= 11 is 0. The molecule has 4 N–H and O–H groups in total. The van der Waals surface area contributed by atoms with Crippen molar-refractivity contribution in [1.29, 1.82) is 0 Å². The molecule has 32 heavy (non-hydrogen) atoms. The van der Waals surface area contributed by atoms with Crippen molar-refractivity contribution < 1.29 is 49.0 Å². The molecule has 1 aliphatic rings. The first-order chi connectivity index (χ1) is 15.2. The van der Waals surface area contributed by atoms with E-state index in [2.05, 4.69) is 0 Å². The van der Waals surface area contributed by atoms with Gasteiger partial charge in [0.15, 0.2) is 17.3 Å². The lowest BCUT2D eigenvalue weighted by Crippen LogP contribution is -2.60. The average molecular weight is 448 g/mol. The zero-order valence-corrected chi connectivity index (χ0v) is 17.4. The van der Waals surface area contributed by atoms with Crippen molar-refractivity contribution >= 4 is 11.8 Å². The van der Waals surface area contributed by atoms with Gasteiger partial charge in [-0.2, -0.15) is 0 Å². The van der Waals surface area contributed by atoms with Crippen LogP contribution in [0.5, 0.6) is 17.2 Å². The van der Waals surface area contributed by atoms with Crippen LogP contribution >= 0.6 is 0 Å². The first-order valence-corrected chi connectivity index (χ1v) is 9.72. The van der Waals surface area contributed by atoms with Crippen molar-refractivity contribution in [3.8, 4) is 17.2 Å². The number of ketones is 1. The Morgan fingerprint density at radius 3 is 2.22 bits per heavy atom. The lowest BCUT2D eigenvalue weighted by atomic mass is 9.99. The molecule has 0 spiro atoms. The molecule has 2 aromatic carbocycles. The van der Waals surface area contributed by atoms with Crippen LogP contribution in [0.4, 0.5) is 0 Å². The number of benzene rings is 2. The standard InChI is InChI=1S/C22H24O10/c1-11(23)13-5-8-15(16(9-13)29-2)31-22-20(27)19(26)18(25)17(32-22)10-30-21(28)12-3-6-14(24)7-4-12/h3-9,17-20,22,24-27H,10H2,1-2H3. The van der Waals surface area contributed by atoms with Crippen LogP contribution in [0.15, 0.2) is 42.5 Å². The third kappa shape index (κ3) is 5.17. The molecular weight excluding hydrogens is 424 g/mol. The number of esters is 1. The minimum absolute atomic E-state index is 0.0172. The molecule has 10 nitrogen and oxygen atoms in total. The molecule has 172 valence electrons. The Labute approximate surface area is 183 Å². The number of aliphatic hydroxyl groups excluding tert-OH is 3. The average Bonchev–Trinajstić information content (AvgIpc) is 2.78. The molecule has 0 amide bonds. The Morgan fingerprint density at radius 1 is 0.938 bits per heavy atom. The zero-order valence-electron chi connectivity index (χ0n) is 17.4. The molecule has 1 aliphatic heterocycles. The minimum Gasteiger partial charge on any atom is -0.508 e. The van der Waals surface area contributed by atoms with Crippen LogP contribution in [0.2, 0.25) is 0 Å². The van der Waals surface area contributed by atoms with Gasteiger partial charge >= 0.3 is 5.97 Å². The maximum Gasteiger partial charge on any atom is 0.338 e. The van der Waals surface area contributed by atoms with E-state index >= 15 is 0 Å². The normalized spacial score (nSPS) is 25.1. The van der Waals surface area contributed by atoms with Crippen LogP contribution < -0.4 is 9.47 Å². The molecule has 0 aliphatic carbocycles. The molecule has 5 unspecified atom stereocenters. The number of carbonyl (C=O) groups excluding carboxylic acids is 2. The van der Waals surface area contributed by atoms with Gasteiger partial charge in [-0.3, -0.25) is 4.79 Å². The van der Waals surface area contributed by atoms with E-state index < -0.39 is 43.3 Å². The monoisotopic (exact) mass is 448 g/mol. The van der Waals surface area contributed by atoms with Crippen LogP contribution in [0, 0.1) is 0 Å². The number of phenolic OH excluding ortho intramolecular Hbond substituents is 1. The number of Topliss-reactive ketones (excluding diaryl/α,β-unsaturated/α-hetero) is 1. The van der Waals surface area contributed by atoms with Crippen molar-refractivity contribution in [1.82, 2.24) is 0 Å². The summed E-state index contributed by atoms with van der Waals surface area (Å²) in [5.74, 6) is -0.607. The maximum absolute atomic E-state index is 12.2. The second-order valence-electron chi connectivity index (χ2n) is 7.20. The second kappa shape index (κ2) is 9.96. The molecule has 5 atom stereocenters. The topological polar surface area (TPSA) is 152 Å². The fourth-order valence-electron chi connectivity index (χ4n) is 3.10. The first kappa shape index (κ1) is 23.5. The van der Waals surface area contributed by atoms with E-state index in [9.17, 15) is 30.0 Å². The molecule has 2 aromatic rings. The lowest BCUT2D eigenvalue weighted by molar-refractivity contribution is -0.277. The van der Waals surface area contributed by atoms with E-state index in [-0.39, 0.29) is 28.6 Å². The van der Waals surface area contributed by atoms with Gasteiger partial charge in [0, 0.05) is 5.56 Å². The number of ether oxygens (including phenoxy) is 4. The minimum atomic E-state index is -1.64. The number of aliphatic hydroxyl groups is 3. The summed E-state index contributed by atoms with van der Waals surface area (Å²) in [7, 11) is 1.37. The highest BCUT2D eigenvalue weighted by molar-refractivity contribution is 5.94. The van der Waals surface area contributed by atoms with Gasteiger partial charge in [0.1, 0.15) is 36.8 Å². The summed E-state index contributed by atoms with van der Waals surface area (Å²) in [4.78, 5) is 23.7. The zero-order chi connectivity index (χ0) is 23.4. The number of hydrogen-bond acceptors (Lipinski definition) is 10. The molecule has 0 aromatic heterocycles. The predicted molar refractivity (Wildman–Crippen MR) is 109 cm³/mol. The molecule has 1 fully saturated rings. The van der Waals surface area contributed by atoms with E-state index in [0.717, 1.165) is 0 Å². The first-order valence-electron chi connectivity index (χ1n) is 9.72. The smallest absolute Gasteiger partial charge is 0.338 e. The second-order valence-corrected chi connectivity index (χ2v) is 7.20. The van der Waals surface area contributed by atoms with Crippen LogP contribution in [-0.2, 0) is 9.47 Å². The SMILES string of the molecule is COc1cc(C(C)=O)ccc1OC1OC(COC(=O)c2ccc(O)cc2)C(O)C(O)C1O. The van der Waals surface area contributed by atoms with Crippen LogP contribution in [-0.4, -0.2) is 76.6 Å². The number of phenols is 1. The van der Waals surface area contributed by atoms with Crippen LogP contribution in [0.25, 0.3) is 0 Å². The maximum atomic E-state index is 12.2. The van der Waals surface area contributed by atoms with Crippen molar-refractivity contribution in [2.75, 3.05) is 13.7 Å². The molecule has 3 rings (SSSR count). The summed E-state index contributed by atoms with van der Waals surface area (Å²) < 4.78 is 21.5. The highest BCUT2D eigenvalue weighted by Crippen LogP contribution is 2.32. The third-order valence-corrected chi connectivity index (χ3v) is 4.96. The van der Waals surface area contributed by atoms with Gasteiger partial charge in [-0.15, -0.1) is 0 Å². The largest absolute Gasteiger partial charge is 0.508 e. The van der Waals surface area contributed by atoms with Crippen molar-refractivity contribution in [3.05, 3.63) is 53.6 Å². The molecule has 1 saturated heterocycles. The molecule has 10 heteroatoms. The fourth-order valence-corrected chi connectivity index (χ4v) is 3.10. The Kier molecular flexibility index (Phi) is 7.31. The molecule has 0 bridgehead atoms. The van der Waals surface area contributed by atoms with Gasteiger partial charge in [0.05, 0.1) is 12.7 Å². The Hall–Kier alpha value is -3.18. The Morgan fingerprint density at radius 2 is 1.59 bits per heavy atom. The van der Waals surface area contributed by atoms with Gasteiger partial charge in [-0.05, 0) is 49.4 Å². The summed E-state index contributed by atoms with van der Waals surface area (Å²) in [5, 5.41) is 40.0. The van der Waals surface area contributed by atoms with Gasteiger partial charge < -0.3 is 39.4 Å². The van der Waals surface area contributed by atoms with Crippen molar-refractivity contribution in [2.45, 2.75) is 37.6 Å². The van der Waals surface area contributed by atoms with Gasteiger partial charge in [0.2, 0.25) is 6.29 Å². The summed E-state index contributed by atoms with van der Waals surface area (Å²) in [6, 6.07) is 9.75. The number of methoxy groups -OCH3 is 1. The highest BCUT2D eigenvalue weighted by atomic mass is 16.7. The van der Waals surface area contributed by atoms with E-state index in [1.54, 1.807) is 0 Å². The third-order valence-electron chi connectivity index (χ3n) is 4.96. The van der Waals surface area contributed by atoms with Crippen molar-refractivity contribution in [2.24, 2.45) is 0 Å². The van der Waals surface area contributed by atoms with E-state index in [1.165, 1.54) is 56.5 Å². The van der Waals surface area contributed by atoms with Gasteiger partial charge in [-0.1, -0.05) is 0 Å². The lowest BCUT2D eigenvalue weighted by Gasteiger charge is -2.40. The predicted octanol–water partition coefficient (Wildman–Crippen LogP) is 0.647. The van der Waals surface area contributed by atoms with Crippen LogP contribution in [0.3, 0.4) is 0 Å². The summed E-state index contributed by atoms with van der Waals surface area (Å²) in [6.45, 7) is 0.954. The number of hydrogen-bond donors (Lipinski definition) is 4. The summed E-state index contributed by atoms with van der Waals surface area (Å²) in [6.07, 6.45) is -7.45.